The van der Waals surface area contributed by atoms with Crippen LogP contribution in [0.1, 0.15) is 25.3 Å². The molecule has 1 fully saturated rings. The van der Waals surface area contributed by atoms with Crippen LogP contribution in [0, 0.1) is 5.82 Å². The Morgan fingerprint density at radius 1 is 1.48 bits per heavy atom. The Bertz CT molecular complexity index is 577. The molecule has 118 valence electrons. The van der Waals surface area contributed by atoms with Crippen molar-refractivity contribution in [2.24, 2.45) is 0 Å². The molecule has 2 rings (SSSR count). The van der Waals surface area contributed by atoms with Gasteiger partial charge in [-0.3, -0.25) is 4.90 Å². The Balaban J connectivity index is 1.86. The third-order valence-electron chi connectivity index (χ3n) is 4.26. The topological polar surface area (TPSA) is 49.4 Å². The monoisotopic (exact) mass is 314 g/mol. The smallest absolute Gasteiger partial charge is 0.215 e. The molecule has 0 radical (unpaired) electrons. The van der Waals surface area contributed by atoms with Crippen molar-refractivity contribution < 1.29 is 12.8 Å². The van der Waals surface area contributed by atoms with Crippen molar-refractivity contribution in [1.29, 1.82) is 0 Å². The predicted octanol–water partition coefficient (Wildman–Crippen LogP) is 1.77. The van der Waals surface area contributed by atoms with Crippen molar-refractivity contribution in [3.8, 4) is 0 Å². The third-order valence-corrected chi connectivity index (χ3v) is 6.09. The minimum Gasteiger partial charge on any atom is -0.299 e. The fourth-order valence-corrected chi connectivity index (χ4v) is 3.96. The molecule has 1 heterocycles. The molecular weight excluding hydrogens is 291 g/mol. The van der Waals surface area contributed by atoms with E-state index in [0.29, 0.717) is 19.0 Å². The average Bonchev–Trinajstić information content (AvgIpc) is 2.95. The summed E-state index contributed by atoms with van der Waals surface area (Å²) in [4.78, 5) is 2.21. The van der Waals surface area contributed by atoms with Crippen molar-refractivity contribution in [3.63, 3.8) is 0 Å². The van der Waals surface area contributed by atoms with Crippen LogP contribution in [0.4, 0.5) is 4.39 Å². The van der Waals surface area contributed by atoms with Crippen LogP contribution in [-0.4, -0.2) is 44.7 Å². The summed E-state index contributed by atoms with van der Waals surface area (Å²) < 4.78 is 39.2. The maximum Gasteiger partial charge on any atom is 0.215 e. The zero-order valence-electron chi connectivity index (χ0n) is 12.5. The van der Waals surface area contributed by atoms with Gasteiger partial charge in [-0.15, -0.1) is 0 Å². The number of rotatable bonds is 6. The van der Waals surface area contributed by atoms with Crippen LogP contribution in [-0.2, 0) is 16.4 Å². The highest BCUT2D eigenvalue weighted by Crippen LogP contribution is 2.20. The first-order valence-electron chi connectivity index (χ1n) is 7.33. The summed E-state index contributed by atoms with van der Waals surface area (Å²) in [5.41, 5.74) is 0.987. The van der Waals surface area contributed by atoms with Gasteiger partial charge in [-0.25, -0.2) is 17.5 Å². The number of nitrogens with one attached hydrogen (secondary N) is 1. The number of likely N-dealkylation sites (tertiary alicyclic amines) is 1. The van der Waals surface area contributed by atoms with Gasteiger partial charge in [-0.05, 0) is 57.5 Å². The fourth-order valence-electron chi connectivity index (χ4n) is 2.82. The molecule has 0 unspecified atom stereocenters. The van der Waals surface area contributed by atoms with Crippen molar-refractivity contribution in [3.05, 3.63) is 35.6 Å². The Hall–Kier alpha value is -0.980. The molecule has 1 aliphatic heterocycles. The van der Waals surface area contributed by atoms with Crippen molar-refractivity contribution in [2.45, 2.75) is 37.5 Å². The van der Waals surface area contributed by atoms with Crippen LogP contribution in [0.2, 0.25) is 0 Å². The van der Waals surface area contributed by atoms with Gasteiger partial charge in [0.25, 0.3) is 0 Å². The van der Waals surface area contributed by atoms with E-state index in [2.05, 4.69) is 16.5 Å². The Labute approximate surface area is 126 Å². The van der Waals surface area contributed by atoms with Crippen molar-refractivity contribution >= 4 is 10.0 Å². The molecule has 0 saturated carbocycles. The van der Waals surface area contributed by atoms with Crippen LogP contribution in [0.25, 0.3) is 0 Å². The molecule has 4 nitrogen and oxygen atoms in total. The molecule has 1 aromatic carbocycles. The number of hydrogen-bond donors (Lipinski definition) is 1. The van der Waals surface area contributed by atoms with Crippen LogP contribution in [0.3, 0.4) is 0 Å². The van der Waals surface area contributed by atoms with Gasteiger partial charge < -0.3 is 0 Å². The minimum absolute atomic E-state index is 0.207. The van der Waals surface area contributed by atoms with Crippen LogP contribution >= 0.6 is 0 Å². The molecule has 1 aromatic rings. The fraction of sp³-hybridized carbons (Fsp3) is 0.600. The van der Waals surface area contributed by atoms with Crippen molar-refractivity contribution in [2.75, 3.05) is 20.1 Å². The number of halogens is 1. The highest BCUT2D eigenvalue weighted by molar-refractivity contribution is 7.90. The van der Waals surface area contributed by atoms with E-state index < -0.39 is 10.0 Å². The lowest BCUT2D eigenvalue weighted by Crippen LogP contribution is -2.37. The van der Waals surface area contributed by atoms with Gasteiger partial charge in [0.15, 0.2) is 0 Å². The zero-order valence-corrected chi connectivity index (χ0v) is 13.4. The second-order valence-electron chi connectivity index (χ2n) is 5.67. The molecule has 1 aliphatic rings. The van der Waals surface area contributed by atoms with Gasteiger partial charge in [0, 0.05) is 12.6 Å². The molecule has 0 bridgehead atoms. The average molecular weight is 314 g/mol. The highest BCUT2D eigenvalue weighted by Gasteiger charge is 2.33. The molecule has 21 heavy (non-hydrogen) atoms. The number of nitrogens with zero attached hydrogens (tertiary/aromatic N) is 1. The molecule has 1 N–H and O–H groups in total. The summed E-state index contributed by atoms with van der Waals surface area (Å²) in [6.07, 6.45) is 2.38. The molecule has 0 amide bonds. The largest absolute Gasteiger partial charge is 0.299 e. The molecule has 0 spiro atoms. The van der Waals surface area contributed by atoms with E-state index in [9.17, 15) is 12.8 Å². The summed E-state index contributed by atoms with van der Waals surface area (Å²) in [6, 6.07) is 6.95. The lowest BCUT2D eigenvalue weighted by Gasteiger charge is -2.24. The lowest BCUT2D eigenvalue weighted by atomic mass is 10.1. The normalized spacial score (nSPS) is 21.6. The maximum atomic E-state index is 13.1. The predicted molar refractivity (Wildman–Crippen MR) is 82.1 cm³/mol. The van der Waals surface area contributed by atoms with E-state index in [1.165, 1.54) is 13.1 Å². The van der Waals surface area contributed by atoms with E-state index in [0.717, 1.165) is 24.9 Å². The second-order valence-corrected chi connectivity index (χ2v) is 7.84. The van der Waals surface area contributed by atoms with Crippen LogP contribution < -0.4 is 4.72 Å². The van der Waals surface area contributed by atoms with E-state index >= 15 is 0 Å². The Morgan fingerprint density at radius 2 is 2.24 bits per heavy atom. The molecular formula is C15H23FN2O2S. The molecule has 2 atom stereocenters. The molecule has 6 heteroatoms. The quantitative estimate of drug-likeness (QED) is 0.870. The summed E-state index contributed by atoms with van der Waals surface area (Å²) >= 11 is 0. The Morgan fingerprint density at radius 3 is 2.90 bits per heavy atom. The Kier molecular flexibility index (Phi) is 5.35. The van der Waals surface area contributed by atoms with E-state index in [-0.39, 0.29) is 11.1 Å². The first kappa shape index (κ1) is 16.4. The number of aryl methyl sites for hydroxylation is 1. The zero-order chi connectivity index (χ0) is 15.5. The van der Waals surface area contributed by atoms with E-state index in [4.69, 9.17) is 0 Å². The first-order valence-corrected chi connectivity index (χ1v) is 8.88. The summed E-state index contributed by atoms with van der Waals surface area (Å²) in [5.74, 6) is -0.207. The van der Waals surface area contributed by atoms with Gasteiger partial charge >= 0.3 is 0 Å². The second kappa shape index (κ2) is 6.85. The summed E-state index contributed by atoms with van der Waals surface area (Å²) in [7, 11) is -1.71. The number of benzene rings is 1. The van der Waals surface area contributed by atoms with E-state index in [1.807, 2.05) is 6.07 Å². The van der Waals surface area contributed by atoms with Crippen LogP contribution in [0.5, 0.6) is 0 Å². The molecule has 0 aromatic heterocycles. The number of hydrogen-bond acceptors (Lipinski definition) is 3. The first-order chi connectivity index (χ1) is 9.92. The highest BCUT2D eigenvalue weighted by atomic mass is 32.2. The van der Waals surface area contributed by atoms with E-state index in [1.54, 1.807) is 12.1 Å². The van der Waals surface area contributed by atoms with Gasteiger partial charge in [0.2, 0.25) is 10.0 Å². The lowest BCUT2D eigenvalue weighted by molar-refractivity contribution is 0.247. The maximum absolute atomic E-state index is 13.1. The third kappa shape index (κ3) is 4.25. The summed E-state index contributed by atoms with van der Waals surface area (Å²) in [5, 5.41) is -0.320. The SMILES string of the molecule is CNS(=O)(=O)[C@H]1CCN([C@H](C)CCc2cccc(F)c2)C1. The molecule has 1 saturated heterocycles. The van der Waals surface area contributed by atoms with Gasteiger partial charge in [-0.2, -0.15) is 0 Å². The van der Waals surface area contributed by atoms with Gasteiger partial charge in [0.1, 0.15) is 5.82 Å². The van der Waals surface area contributed by atoms with Crippen molar-refractivity contribution in [1.82, 2.24) is 9.62 Å². The number of sulfonamides is 1. The molecule has 0 aliphatic carbocycles. The summed E-state index contributed by atoms with van der Waals surface area (Å²) in [6.45, 7) is 3.48. The van der Waals surface area contributed by atoms with Gasteiger partial charge in [-0.1, -0.05) is 12.1 Å². The van der Waals surface area contributed by atoms with Gasteiger partial charge in [0.05, 0.1) is 5.25 Å². The standard InChI is InChI=1S/C15H23FN2O2S/c1-12(6-7-13-4-3-5-14(16)10-13)18-9-8-15(11-18)21(19,20)17-2/h3-5,10,12,15,17H,6-9,11H2,1-2H3/t12-,15+/m1/s1. The van der Waals surface area contributed by atoms with Crippen LogP contribution in [0.15, 0.2) is 24.3 Å². The minimum atomic E-state index is -3.18.